The Balaban J connectivity index is 1.56. The second-order valence-electron chi connectivity index (χ2n) is 7.50. The first-order valence-corrected chi connectivity index (χ1v) is 8.94. The fourth-order valence-corrected chi connectivity index (χ4v) is 3.07. The molecule has 1 aliphatic rings. The normalized spacial score (nSPS) is 16.2. The molecule has 0 unspecified atom stereocenters. The van der Waals surface area contributed by atoms with Gasteiger partial charge >= 0.3 is 0 Å². The summed E-state index contributed by atoms with van der Waals surface area (Å²) < 4.78 is 5.48. The smallest absolute Gasteiger partial charge is 0.228 e. The molecule has 0 saturated carbocycles. The molecular formula is C19H24ClN3O2. The van der Waals surface area contributed by atoms with Crippen LogP contribution in [0.1, 0.15) is 26.5 Å². The van der Waals surface area contributed by atoms with Crippen LogP contribution in [0, 0.1) is 5.41 Å². The molecule has 0 spiro atoms. The number of nitrogens with zero attached hydrogens (tertiary/aromatic N) is 3. The van der Waals surface area contributed by atoms with Gasteiger partial charge in [0.2, 0.25) is 5.91 Å². The minimum absolute atomic E-state index is 0.219. The molecule has 0 N–H and O–H groups in total. The molecule has 134 valence electrons. The fraction of sp³-hybridized carbons (Fsp3) is 0.474. The summed E-state index contributed by atoms with van der Waals surface area (Å²) in [5.41, 5.74) is 1.48. The quantitative estimate of drug-likeness (QED) is 0.836. The molecule has 3 rings (SSSR count). The Hall–Kier alpha value is -1.85. The summed E-state index contributed by atoms with van der Waals surface area (Å²) >= 11 is 5.92. The topological polar surface area (TPSA) is 49.6 Å². The third-order valence-electron chi connectivity index (χ3n) is 4.38. The summed E-state index contributed by atoms with van der Waals surface area (Å²) in [7, 11) is 0. The van der Waals surface area contributed by atoms with E-state index in [2.05, 4.69) is 10.1 Å². The van der Waals surface area contributed by atoms with Crippen LogP contribution in [0.3, 0.4) is 0 Å². The molecule has 1 amide bonds. The van der Waals surface area contributed by atoms with Gasteiger partial charge in [-0.25, -0.2) is 0 Å². The van der Waals surface area contributed by atoms with Crippen LogP contribution in [0.25, 0.3) is 11.3 Å². The van der Waals surface area contributed by atoms with Crippen molar-refractivity contribution in [1.29, 1.82) is 0 Å². The van der Waals surface area contributed by atoms with E-state index >= 15 is 0 Å². The summed E-state index contributed by atoms with van der Waals surface area (Å²) in [5.74, 6) is 1.05. The maximum Gasteiger partial charge on any atom is 0.228 e. The zero-order valence-corrected chi connectivity index (χ0v) is 15.7. The maximum atomic E-state index is 12.3. The van der Waals surface area contributed by atoms with E-state index in [9.17, 15) is 4.79 Å². The highest BCUT2D eigenvalue weighted by molar-refractivity contribution is 6.30. The van der Waals surface area contributed by atoms with Crippen LogP contribution >= 0.6 is 11.6 Å². The van der Waals surface area contributed by atoms with Crippen molar-refractivity contribution in [2.24, 2.45) is 5.41 Å². The molecule has 25 heavy (non-hydrogen) atoms. The van der Waals surface area contributed by atoms with E-state index in [0.717, 1.165) is 43.2 Å². The van der Waals surface area contributed by atoms with Gasteiger partial charge in [0.25, 0.3) is 0 Å². The standard InChI is InChI=1S/C19H24ClN3O2/c1-19(2,3)18(24)23-10-8-22(9-11-23)13-16-12-17(21-25-16)14-4-6-15(20)7-5-14/h4-7,12H,8-11,13H2,1-3H3. The highest BCUT2D eigenvalue weighted by Gasteiger charge is 2.29. The molecule has 1 saturated heterocycles. The first-order chi connectivity index (χ1) is 11.8. The molecule has 0 radical (unpaired) electrons. The third kappa shape index (κ3) is 4.41. The molecule has 0 atom stereocenters. The summed E-state index contributed by atoms with van der Waals surface area (Å²) in [6.07, 6.45) is 0. The first kappa shape index (κ1) is 18.0. The highest BCUT2D eigenvalue weighted by Crippen LogP contribution is 2.23. The fourth-order valence-electron chi connectivity index (χ4n) is 2.95. The van der Waals surface area contributed by atoms with Crippen molar-refractivity contribution in [3.8, 4) is 11.3 Å². The molecule has 1 fully saturated rings. The van der Waals surface area contributed by atoms with E-state index in [4.69, 9.17) is 16.1 Å². The predicted molar refractivity (Wildman–Crippen MR) is 98.3 cm³/mol. The number of aromatic nitrogens is 1. The van der Waals surface area contributed by atoms with Gasteiger partial charge in [-0.3, -0.25) is 9.69 Å². The number of rotatable bonds is 3. The Morgan fingerprint density at radius 3 is 2.40 bits per heavy atom. The van der Waals surface area contributed by atoms with E-state index in [1.807, 2.05) is 56.0 Å². The van der Waals surface area contributed by atoms with Crippen LogP contribution < -0.4 is 0 Å². The first-order valence-electron chi connectivity index (χ1n) is 8.56. The van der Waals surface area contributed by atoms with Gasteiger partial charge in [-0.05, 0) is 12.1 Å². The second-order valence-corrected chi connectivity index (χ2v) is 7.94. The van der Waals surface area contributed by atoms with Gasteiger partial charge in [-0.15, -0.1) is 0 Å². The second kappa shape index (κ2) is 7.18. The van der Waals surface area contributed by atoms with Crippen molar-refractivity contribution < 1.29 is 9.32 Å². The summed E-state index contributed by atoms with van der Waals surface area (Å²) in [6.45, 7) is 9.82. The lowest BCUT2D eigenvalue weighted by atomic mass is 9.94. The number of hydrogen-bond acceptors (Lipinski definition) is 4. The third-order valence-corrected chi connectivity index (χ3v) is 4.63. The number of benzene rings is 1. The van der Waals surface area contributed by atoms with Crippen molar-refractivity contribution in [2.75, 3.05) is 26.2 Å². The Kier molecular flexibility index (Phi) is 5.16. The summed E-state index contributed by atoms with van der Waals surface area (Å²) in [4.78, 5) is 16.6. The predicted octanol–water partition coefficient (Wildman–Crippen LogP) is 3.69. The number of carbonyl (C=O) groups excluding carboxylic acids is 1. The Morgan fingerprint density at radius 2 is 1.80 bits per heavy atom. The maximum absolute atomic E-state index is 12.3. The average Bonchev–Trinajstić information content (AvgIpc) is 3.03. The van der Waals surface area contributed by atoms with Gasteiger partial charge in [-0.1, -0.05) is 49.7 Å². The van der Waals surface area contributed by atoms with Crippen molar-refractivity contribution >= 4 is 17.5 Å². The average molecular weight is 362 g/mol. The lowest BCUT2D eigenvalue weighted by Crippen LogP contribution is -2.51. The molecule has 5 nitrogen and oxygen atoms in total. The minimum atomic E-state index is -0.319. The van der Waals surface area contributed by atoms with Crippen LogP contribution in [-0.2, 0) is 11.3 Å². The number of halogens is 1. The molecule has 1 aliphatic heterocycles. The summed E-state index contributed by atoms with van der Waals surface area (Å²) in [6, 6.07) is 9.52. The highest BCUT2D eigenvalue weighted by atomic mass is 35.5. The van der Waals surface area contributed by atoms with Crippen LogP contribution in [0.4, 0.5) is 0 Å². The molecule has 0 aliphatic carbocycles. The largest absolute Gasteiger partial charge is 0.359 e. The molecule has 0 bridgehead atoms. The van der Waals surface area contributed by atoms with Crippen LogP contribution in [-0.4, -0.2) is 47.0 Å². The molecule has 1 aromatic heterocycles. The number of amides is 1. The molecular weight excluding hydrogens is 338 g/mol. The van der Waals surface area contributed by atoms with Crippen LogP contribution in [0.2, 0.25) is 5.02 Å². The number of carbonyl (C=O) groups is 1. The van der Waals surface area contributed by atoms with Crippen LogP contribution in [0.15, 0.2) is 34.9 Å². The molecule has 2 aromatic rings. The van der Waals surface area contributed by atoms with Crippen molar-refractivity contribution in [3.05, 3.63) is 41.1 Å². The van der Waals surface area contributed by atoms with E-state index in [0.29, 0.717) is 11.6 Å². The lowest BCUT2D eigenvalue weighted by Gasteiger charge is -2.37. The van der Waals surface area contributed by atoms with Gasteiger partial charge in [0, 0.05) is 48.2 Å². The van der Waals surface area contributed by atoms with Gasteiger partial charge < -0.3 is 9.42 Å². The van der Waals surface area contributed by atoms with E-state index in [1.54, 1.807) is 0 Å². The van der Waals surface area contributed by atoms with Gasteiger partial charge in [0.1, 0.15) is 5.69 Å². The molecule has 1 aromatic carbocycles. The monoisotopic (exact) mass is 361 g/mol. The molecule has 6 heteroatoms. The van der Waals surface area contributed by atoms with Gasteiger partial charge in [-0.2, -0.15) is 0 Å². The van der Waals surface area contributed by atoms with E-state index in [-0.39, 0.29) is 11.3 Å². The van der Waals surface area contributed by atoms with Crippen molar-refractivity contribution in [1.82, 2.24) is 15.0 Å². The zero-order valence-electron chi connectivity index (χ0n) is 15.0. The zero-order chi connectivity index (χ0) is 18.0. The SMILES string of the molecule is CC(C)(C)C(=O)N1CCN(Cc2cc(-c3ccc(Cl)cc3)no2)CC1. The van der Waals surface area contributed by atoms with Crippen molar-refractivity contribution in [2.45, 2.75) is 27.3 Å². The van der Waals surface area contributed by atoms with Gasteiger partial charge in [0.15, 0.2) is 5.76 Å². The van der Waals surface area contributed by atoms with E-state index in [1.165, 1.54) is 0 Å². The lowest BCUT2D eigenvalue weighted by molar-refractivity contribution is -0.141. The molecule has 2 heterocycles. The van der Waals surface area contributed by atoms with Crippen molar-refractivity contribution in [3.63, 3.8) is 0 Å². The Morgan fingerprint density at radius 1 is 1.16 bits per heavy atom. The Labute approximate surface area is 153 Å². The van der Waals surface area contributed by atoms with Crippen LogP contribution in [0.5, 0.6) is 0 Å². The Bertz CT molecular complexity index is 726. The minimum Gasteiger partial charge on any atom is -0.359 e. The number of hydrogen-bond donors (Lipinski definition) is 0. The number of piperazine rings is 1. The van der Waals surface area contributed by atoms with Gasteiger partial charge in [0.05, 0.1) is 6.54 Å². The summed E-state index contributed by atoms with van der Waals surface area (Å²) in [5, 5.41) is 4.85. The van der Waals surface area contributed by atoms with E-state index < -0.39 is 0 Å².